The predicted octanol–water partition coefficient (Wildman–Crippen LogP) is 2.08. The summed E-state index contributed by atoms with van der Waals surface area (Å²) in [6.45, 7) is 4.02. The Morgan fingerprint density at radius 3 is 2.67 bits per heavy atom. The average Bonchev–Trinajstić information content (AvgIpc) is 2.75. The van der Waals surface area contributed by atoms with E-state index in [-0.39, 0.29) is 17.8 Å². The van der Waals surface area contributed by atoms with Gasteiger partial charge in [-0.25, -0.2) is 0 Å². The van der Waals surface area contributed by atoms with Crippen molar-refractivity contribution in [2.75, 3.05) is 7.11 Å². The van der Waals surface area contributed by atoms with Crippen LogP contribution in [0.15, 0.2) is 24.3 Å². The Balaban J connectivity index is 2.15. The molecule has 0 unspecified atom stereocenters. The molecule has 18 heavy (non-hydrogen) atoms. The molecule has 3 atom stereocenters. The maximum absolute atomic E-state index is 12.4. The highest BCUT2D eigenvalue weighted by Gasteiger charge is 2.58. The van der Waals surface area contributed by atoms with Gasteiger partial charge in [0.25, 0.3) is 0 Å². The van der Waals surface area contributed by atoms with Crippen LogP contribution in [0.25, 0.3) is 0 Å². The molecule has 1 aromatic rings. The fourth-order valence-electron chi connectivity index (χ4n) is 2.64. The zero-order valence-corrected chi connectivity index (χ0v) is 10.7. The molecular weight excluding hydrogens is 232 g/mol. The van der Waals surface area contributed by atoms with Gasteiger partial charge in [-0.3, -0.25) is 4.79 Å². The lowest BCUT2D eigenvalue weighted by Gasteiger charge is -2.30. The number of ketones is 1. The third kappa shape index (κ3) is 1.40. The number of carbonyl (C=O) groups excluding carboxylic acids is 1. The molecule has 0 aromatic heterocycles. The standard InChI is InChI=1S/C14H16O4/c1-8(2)12-13-11(15)9-6-4-5-7-10(9)14(16-3,17-12)18-13/h4-8,12-13H,1-3H3/t12-,13+,14+/m0/s1. The van der Waals surface area contributed by atoms with Crippen LogP contribution in [0.3, 0.4) is 0 Å². The third-order valence-corrected chi connectivity index (χ3v) is 3.58. The number of benzene rings is 1. The van der Waals surface area contributed by atoms with Gasteiger partial charge in [0, 0.05) is 12.7 Å². The van der Waals surface area contributed by atoms with Gasteiger partial charge in [-0.15, -0.1) is 0 Å². The molecule has 2 aliphatic heterocycles. The molecule has 0 spiro atoms. The molecule has 0 amide bonds. The van der Waals surface area contributed by atoms with Crippen molar-refractivity contribution in [3.8, 4) is 0 Å². The van der Waals surface area contributed by atoms with E-state index < -0.39 is 12.1 Å². The molecular formula is C14H16O4. The third-order valence-electron chi connectivity index (χ3n) is 3.58. The SMILES string of the molecule is CO[C@]12O[C@H](C(=O)c3ccccc31)[C@H](C(C)C)O2. The Labute approximate surface area is 106 Å². The van der Waals surface area contributed by atoms with E-state index in [1.54, 1.807) is 6.07 Å². The van der Waals surface area contributed by atoms with Crippen LogP contribution in [-0.2, 0) is 20.2 Å². The summed E-state index contributed by atoms with van der Waals surface area (Å²) >= 11 is 0. The van der Waals surface area contributed by atoms with Crippen molar-refractivity contribution in [2.45, 2.75) is 32.0 Å². The van der Waals surface area contributed by atoms with Gasteiger partial charge in [0.15, 0.2) is 11.9 Å². The minimum Gasteiger partial charge on any atom is -0.327 e. The highest BCUT2D eigenvalue weighted by molar-refractivity contribution is 6.02. The zero-order chi connectivity index (χ0) is 12.9. The summed E-state index contributed by atoms with van der Waals surface area (Å²) in [5, 5.41) is 0. The first-order valence-electron chi connectivity index (χ1n) is 6.13. The maximum Gasteiger partial charge on any atom is 0.313 e. The zero-order valence-electron chi connectivity index (χ0n) is 10.7. The number of methoxy groups -OCH3 is 1. The number of ether oxygens (including phenoxy) is 3. The van der Waals surface area contributed by atoms with Gasteiger partial charge < -0.3 is 14.2 Å². The Bertz CT molecular complexity index is 496. The van der Waals surface area contributed by atoms with E-state index in [0.29, 0.717) is 11.1 Å². The lowest BCUT2D eigenvalue weighted by Crippen LogP contribution is -2.40. The first-order valence-corrected chi connectivity index (χ1v) is 6.13. The van der Waals surface area contributed by atoms with Crippen molar-refractivity contribution in [2.24, 2.45) is 5.92 Å². The second kappa shape index (κ2) is 3.88. The minimum atomic E-state index is -1.22. The van der Waals surface area contributed by atoms with Gasteiger partial charge in [-0.2, -0.15) is 0 Å². The van der Waals surface area contributed by atoms with Gasteiger partial charge in [0.1, 0.15) is 0 Å². The summed E-state index contributed by atoms with van der Waals surface area (Å²) < 4.78 is 17.1. The van der Waals surface area contributed by atoms with E-state index in [9.17, 15) is 4.79 Å². The van der Waals surface area contributed by atoms with Crippen molar-refractivity contribution < 1.29 is 19.0 Å². The molecule has 2 aliphatic rings. The molecule has 96 valence electrons. The summed E-state index contributed by atoms with van der Waals surface area (Å²) in [4.78, 5) is 12.4. The van der Waals surface area contributed by atoms with E-state index in [1.165, 1.54) is 7.11 Å². The summed E-state index contributed by atoms with van der Waals surface area (Å²) in [6, 6.07) is 7.31. The van der Waals surface area contributed by atoms with Crippen LogP contribution in [0.1, 0.15) is 29.8 Å². The first kappa shape index (κ1) is 11.8. The second-order valence-corrected chi connectivity index (χ2v) is 5.04. The fraction of sp³-hybridized carbons (Fsp3) is 0.500. The predicted molar refractivity (Wildman–Crippen MR) is 64.0 cm³/mol. The van der Waals surface area contributed by atoms with Gasteiger partial charge in [0.05, 0.1) is 11.7 Å². The Morgan fingerprint density at radius 2 is 2.00 bits per heavy atom. The summed E-state index contributed by atoms with van der Waals surface area (Å²) in [5.74, 6) is -1.05. The van der Waals surface area contributed by atoms with Crippen LogP contribution in [0.2, 0.25) is 0 Å². The fourth-order valence-corrected chi connectivity index (χ4v) is 2.64. The highest BCUT2D eigenvalue weighted by Crippen LogP contribution is 2.46. The first-order chi connectivity index (χ1) is 8.59. The van der Waals surface area contributed by atoms with Crippen molar-refractivity contribution in [3.05, 3.63) is 35.4 Å². The van der Waals surface area contributed by atoms with Crippen LogP contribution >= 0.6 is 0 Å². The summed E-state index contributed by atoms with van der Waals surface area (Å²) in [7, 11) is 1.53. The topological polar surface area (TPSA) is 44.8 Å². The van der Waals surface area contributed by atoms with Crippen LogP contribution in [0, 0.1) is 5.92 Å². The van der Waals surface area contributed by atoms with Gasteiger partial charge >= 0.3 is 5.97 Å². The van der Waals surface area contributed by atoms with E-state index in [2.05, 4.69) is 0 Å². The minimum absolute atomic E-state index is 0.0190. The lowest BCUT2D eigenvalue weighted by atomic mass is 9.92. The number of Topliss-reactive ketones (excluding diaryl/α,β-unsaturated/α-hetero) is 1. The molecule has 4 heteroatoms. The van der Waals surface area contributed by atoms with Crippen LogP contribution < -0.4 is 0 Å². The molecule has 4 nitrogen and oxygen atoms in total. The molecule has 3 rings (SSSR count). The van der Waals surface area contributed by atoms with Crippen molar-refractivity contribution >= 4 is 5.78 Å². The molecule has 0 N–H and O–H groups in total. The van der Waals surface area contributed by atoms with Crippen LogP contribution in [-0.4, -0.2) is 25.1 Å². The summed E-state index contributed by atoms with van der Waals surface area (Å²) in [5.41, 5.74) is 1.30. The summed E-state index contributed by atoms with van der Waals surface area (Å²) in [6.07, 6.45) is -0.843. The molecule has 1 aromatic carbocycles. The number of rotatable bonds is 2. The van der Waals surface area contributed by atoms with Crippen LogP contribution in [0.4, 0.5) is 0 Å². The Kier molecular flexibility index (Phi) is 2.55. The van der Waals surface area contributed by atoms with Gasteiger partial charge in [-0.1, -0.05) is 38.1 Å². The molecule has 1 fully saturated rings. The quantitative estimate of drug-likeness (QED) is 0.803. The normalized spacial score (nSPS) is 33.9. The Hall–Kier alpha value is -1.23. The smallest absolute Gasteiger partial charge is 0.313 e. The average molecular weight is 248 g/mol. The van der Waals surface area contributed by atoms with Gasteiger partial charge in [-0.05, 0) is 5.92 Å². The molecule has 2 heterocycles. The molecule has 2 bridgehead atoms. The number of hydrogen-bond donors (Lipinski definition) is 0. The largest absolute Gasteiger partial charge is 0.327 e. The molecule has 0 radical (unpaired) electrons. The van der Waals surface area contributed by atoms with Gasteiger partial charge in [0.2, 0.25) is 0 Å². The van der Waals surface area contributed by atoms with E-state index in [1.807, 2.05) is 32.0 Å². The monoisotopic (exact) mass is 248 g/mol. The number of carbonyl (C=O) groups is 1. The van der Waals surface area contributed by atoms with Crippen LogP contribution in [0.5, 0.6) is 0 Å². The van der Waals surface area contributed by atoms with Crippen molar-refractivity contribution in [3.63, 3.8) is 0 Å². The van der Waals surface area contributed by atoms with E-state index in [4.69, 9.17) is 14.2 Å². The van der Waals surface area contributed by atoms with E-state index in [0.717, 1.165) is 0 Å². The molecule has 1 saturated heterocycles. The number of hydrogen-bond acceptors (Lipinski definition) is 4. The van der Waals surface area contributed by atoms with Crippen molar-refractivity contribution in [1.82, 2.24) is 0 Å². The van der Waals surface area contributed by atoms with E-state index >= 15 is 0 Å². The highest BCUT2D eigenvalue weighted by atomic mass is 16.9. The number of fused-ring (bicyclic) bond motifs is 4. The lowest BCUT2D eigenvalue weighted by molar-refractivity contribution is -0.344. The molecule has 0 saturated carbocycles. The maximum atomic E-state index is 12.4. The Morgan fingerprint density at radius 1 is 1.28 bits per heavy atom. The second-order valence-electron chi connectivity index (χ2n) is 5.04. The van der Waals surface area contributed by atoms with Crippen molar-refractivity contribution in [1.29, 1.82) is 0 Å². The molecule has 0 aliphatic carbocycles.